The van der Waals surface area contributed by atoms with E-state index in [2.05, 4.69) is 17.2 Å². The molecule has 0 aliphatic heterocycles. The number of nitrogens with zero attached hydrogens (tertiary/aromatic N) is 1. The summed E-state index contributed by atoms with van der Waals surface area (Å²) in [6.45, 7) is 2.07. The zero-order chi connectivity index (χ0) is 15.4. The Kier molecular flexibility index (Phi) is 4.30. The Bertz CT molecular complexity index is 803. The van der Waals surface area contributed by atoms with E-state index >= 15 is 0 Å². The van der Waals surface area contributed by atoms with E-state index in [-0.39, 0.29) is 5.91 Å². The van der Waals surface area contributed by atoms with Crippen molar-refractivity contribution in [3.63, 3.8) is 0 Å². The molecule has 1 aromatic heterocycles. The minimum absolute atomic E-state index is 0.139. The Morgan fingerprint density at radius 1 is 1.18 bits per heavy atom. The van der Waals surface area contributed by atoms with Gasteiger partial charge >= 0.3 is 0 Å². The van der Waals surface area contributed by atoms with Crippen LogP contribution >= 0.6 is 11.3 Å². The summed E-state index contributed by atoms with van der Waals surface area (Å²) in [7, 11) is 0. The number of para-hydroxylation sites is 2. The third-order valence-electron chi connectivity index (χ3n) is 3.34. The van der Waals surface area contributed by atoms with Gasteiger partial charge in [0.2, 0.25) is 5.91 Å². The Balaban J connectivity index is 1.73. The van der Waals surface area contributed by atoms with Crippen LogP contribution in [0.25, 0.3) is 16.3 Å². The highest BCUT2D eigenvalue weighted by Gasteiger charge is 2.04. The molecule has 1 heterocycles. The number of aryl methyl sites for hydroxylation is 1. The number of carbonyl (C=O) groups excluding carboxylic acids is 1. The van der Waals surface area contributed by atoms with Crippen LogP contribution in [-0.4, -0.2) is 10.9 Å². The van der Waals surface area contributed by atoms with Gasteiger partial charge in [-0.15, -0.1) is 11.3 Å². The molecular weight excluding hydrogens is 292 g/mol. The second-order valence-electron chi connectivity index (χ2n) is 4.85. The van der Waals surface area contributed by atoms with Crippen LogP contribution < -0.4 is 5.32 Å². The summed E-state index contributed by atoms with van der Waals surface area (Å²) in [5.41, 5.74) is 2.96. The van der Waals surface area contributed by atoms with Gasteiger partial charge in [0.05, 0.1) is 10.2 Å². The summed E-state index contributed by atoms with van der Waals surface area (Å²) in [4.78, 5) is 16.5. The van der Waals surface area contributed by atoms with Crippen LogP contribution in [0.1, 0.15) is 17.5 Å². The first-order chi connectivity index (χ1) is 10.8. The first-order valence-electron chi connectivity index (χ1n) is 7.19. The number of benzene rings is 2. The molecule has 3 nitrogen and oxygen atoms in total. The van der Waals surface area contributed by atoms with Crippen LogP contribution in [0.3, 0.4) is 0 Å². The molecular formula is C18H16N2OS. The molecule has 0 radical (unpaired) electrons. The molecule has 0 bridgehead atoms. The van der Waals surface area contributed by atoms with E-state index < -0.39 is 0 Å². The Labute approximate surface area is 133 Å². The first-order valence-corrected chi connectivity index (χ1v) is 8.00. The summed E-state index contributed by atoms with van der Waals surface area (Å²) in [5, 5.41) is 3.75. The quantitative estimate of drug-likeness (QED) is 0.720. The normalized spacial score (nSPS) is 11.1. The number of carbonyl (C=O) groups is 1. The fourth-order valence-electron chi connectivity index (χ4n) is 2.23. The maximum Gasteiger partial charge on any atom is 0.248 e. The molecule has 22 heavy (non-hydrogen) atoms. The molecule has 1 amide bonds. The second kappa shape index (κ2) is 6.54. The standard InChI is InChI=1S/C18H16N2OS/c1-2-13-7-3-4-8-14(13)19-17(21)11-12-18-20-15-9-5-6-10-16(15)22-18/h3-12H,2H2,1H3,(H,19,21). The average Bonchev–Trinajstić information content (AvgIpc) is 2.96. The van der Waals surface area contributed by atoms with Crippen molar-refractivity contribution in [1.29, 1.82) is 0 Å². The number of nitrogens with one attached hydrogen (secondary N) is 1. The van der Waals surface area contributed by atoms with Crippen molar-refractivity contribution in [3.05, 3.63) is 65.2 Å². The topological polar surface area (TPSA) is 42.0 Å². The fraction of sp³-hybridized carbons (Fsp3) is 0.111. The molecule has 4 heteroatoms. The largest absolute Gasteiger partial charge is 0.322 e. The smallest absolute Gasteiger partial charge is 0.248 e. The summed E-state index contributed by atoms with van der Waals surface area (Å²) in [6.07, 6.45) is 4.18. The van der Waals surface area contributed by atoms with Crippen molar-refractivity contribution in [3.8, 4) is 0 Å². The molecule has 2 aromatic carbocycles. The molecule has 0 unspecified atom stereocenters. The maximum atomic E-state index is 12.0. The van der Waals surface area contributed by atoms with E-state index in [0.717, 1.165) is 32.9 Å². The first kappa shape index (κ1) is 14.5. The molecule has 0 aliphatic carbocycles. The Morgan fingerprint density at radius 3 is 2.77 bits per heavy atom. The van der Waals surface area contributed by atoms with E-state index in [4.69, 9.17) is 0 Å². The predicted octanol–water partition coefficient (Wildman–Crippen LogP) is 4.51. The molecule has 0 spiro atoms. The Morgan fingerprint density at radius 2 is 1.95 bits per heavy atom. The lowest BCUT2D eigenvalue weighted by Gasteiger charge is -2.07. The van der Waals surface area contributed by atoms with Crippen molar-refractivity contribution < 1.29 is 4.79 Å². The molecule has 0 saturated heterocycles. The number of rotatable bonds is 4. The van der Waals surface area contributed by atoms with Gasteiger partial charge in [-0.2, -0.15) is 0 Å². The SMILES string of the molecule is CCc1ccccc1NC(=O)C=Cc1nc2ccccc2s1. The van der Waals surface area contributed by atoms with Crippen LogP contribution in [0.2, 0.25) is 0 Å². The van der Waals surface area contributed by atoms with Crippen molar-refractivity contribution in [2.45, 2.75) is 13.3 Å². The molecule has 1 N–H and O–H groups in total. The zero-order valence-corrected chi connectivity index (χ0v) is 13.1. The van der Waals surface area contributed by atoms with Gasteiger partial charge in [-0.05, 0) is 36.3 Å². The van der Waals surface area contributed by atoms with Crippen LogP contribution in [-0.2, 0) is 11.2 Å². The highest BCUT2D eigenvalue weighted by Crippen LogP contribution is 2.22. The molecule has 0 saturated carbocycles. The lowest BCUT2D eigenvalue weighted by molar-refractivity contribution is -0.111. The number of hydrogen-bond acceptors (Lipinski definition) is 3. The summed E-state index contributed by atoms with van der Waals surface area (Å²) in [5.74, 6) is -0.139. The maximum absolute atomic E-state index is 12.0. The number of aromatic nitrogens is 1. The molecule has 0 fully saturated rings. The number of thiazole rings is 1. The van der Waals surface area contributed by atoms with Crippen LogP contribution in [0.4, 0.5) is 5.69 Å². The monoisotopic (exact) mass is 308 g/mol. The summed E-state index contributed by atoms with van der Waals surface area (Å²) in [6, 6.07) is 15.8. The molecule has 0 aliphatic rings. The lowest BCUT2D eigenvalue weighted by Crippen LogP contribution is -2.09. The third kappa shape index (κ3) is 3.23. The van der Waals surface area contributed by atoms with Crippen molar-refractivity contribution in [2.24, 2.45) is 0 Å². The number of hydrogen-bond donors (Lipinski definition) is 1. The second-order valence-corrected chi connectivity index (χ2v) is 5.92. The van der Waals surface area contributed by atoms with Gasteiger partial charge < -0.3 is 5.32 Å². The van der Waals surface area contributed by atoms with Crippen molar-refractivity contribution in [2.75, 3.05) is 5.32 Å². The van der Waals surface area contributed by atoms with E-state index in [0.29, 0.717) is 0 Å². The van der Waals surface area contributed by atoms with Gasteiger partial charge in [0.25, 0.3) is 0 Å². The van der Waals surface area contributed by atoms with Crippen molar-refractivity contribution >= 4 is 39.2 Å². The average molecular weight is 308 g/mol. The summed E-state index contributed by atoms with van der Waals surface area (Å²) < 4.78 is 1.12. The molecule has 0 atom stereocenters. The zero-order valence-electron chi connectivity index (χ0n) is 12.2. The molecule has 3 aromatic rings. The highest BCUT2D eigenvalue weighted by molar-refractivity contribution is 7.19. The number of anilines is 1. The minimum atomic E-state index is -0.139. The third-order valence-corrected chi connectivity index (χ3v) is 4.35. The highest BCUT2D eigenvalue weighted by atomic mass is 32.1. The van der Waals surface area contributed by atoms with Gasteiger partial charge in [-0.25, -0.2) is 4.98 Å². The lowest BCUT2D eigenvalue weighted by atomic mass is 10.1. The van der Waals surface area contributed by atoms with E-state index in [1.807, 2.05) is 48.5 Å². The van der Waals surface area contributed by atoms with E-state index in [1.54, 1.807) is 17.4 Å². The number of fused-ring (bicyclic) bond motifs is 1. The Hall–Kier alpha value is -2.46. The van der Waals surface area contributed by atoms with Crippen molar-refractivity contribution in [1.82, 2.24) is 4.98 Å². The minimum Gasteiger partial charge on any atom is -0.322 e. The molecule has 3 rings (SSSR count). The van der Waals surface area contributed by atoms with Gasteiger partial charge in [-0.1, -0.05) is 37.3 Å². The number of amides is 1. The van der Waals surface area contributed by atoms with Crippen LogP contribution in [0.15, 0.2) is 54.6 Å². The van der Waals surface area contributed by atoms with Gasteiger partial charge in [0, 0.05) is 11.8 Å². The van der Waals surface area contributed by atoms with Gasteiger partial charge in [-0.3, -0.25) is 4.79 Å². The van der Waals surface area contributed by atoms with E-state index in [9.17, 15) is 4.79 Å². The fourth-order valence-corrected chi connectivity index (χ4v) is 3.10. The van der Waals surface area contributed by atoms with Gasteiger partial charge in [0.15, 0.2) is 0 Å². The van der Waals surface area contributed by atoms with Gasteiger partial charge in [0.1, 0.15) is 5.01 Å². The van der Waals surface area contributed by atoms with E-state index in [1.165, 1.54) is 6.08 Å². The summed E-state index contributed by atoms with van der Waals surface area (Å²) >= 11 is 1.58. The van der Waals surface area contributed by atoms with Crippen LogP contribution in [0.5, 0.6) is 0 Å². The molecule has 110 valence electrons. The van der Waals surface area contributed by atoms with Crippen LogP contribution in [0, 0.1) is 0 Å². The predicted molar refractivity (Wildman–Crippen MR) is 93.1 cm³/mol.